The zero-order chi connectivity index (χ0) is 22.0. The summed E-state index contributed by atoms with van der Waals surface area (Å²) in [5.74, 6) is -1.40. The molecule has 0 heterocycles. The second-order valence-electron chi connectivity index (χ2n) is 5.06. The van der Waals surface area contributed by atoms with Gasteiger partial charge in [-0.1, -0.05) is 11.6 Å². The second kappa shape index (κ2) is 6.47. The maximum Gasteiger partial charge on any atom is 0.296 e. The number of rotatable bonds is 4. The molecule has 0 fully saturated rings. The van der Waals surface area contributed by atoms with Crippen molar-refractivity contribution in [1.29, 1.82) is 0 Å². The summed E-state index contributed by atoms with van der Waals surface area (Å²) in [6.45, 7) is 0. The Bertz CT molecular complexity index is 1450. The van der Waals surface area contributed by atoms with Crippen molar-refractivity contribution in [2.45, 2.75) is 19.6 Å². The van der Waals surface area contributed by atoms with Crippen molar-refractivity contribution in [2.24, 2.45) is 0 Å². The van der Waals surface area contributed by atoms with Gasteiger partial charge in [-0.3, -0.25) is 18.2 Å². The molecule has 0 aliphatic carbocycles. The minimum atomic E-state index is -5.64. The lowest BCUT2D eigenvalue weighted by atomic mass is 10.1. The molecular weight excluding hydrogens is 492 g/mol. The first-order valence-corrected chi connectivity index (χ1v) is 12.3. The number of hydrogen-bond donors (Lipinski definition) is 5. The van der Waals surface area contributed by atoms with E-state index < -0.39 is 81.6 Å². The highest BCUT2D eigenvalue weighted by Gasteiger charge is 2.35. The second-order valence-corrected chi connectivity index (χ2v) is 10.9. The van der Waals surface area contributed by atoms with Crippen molar-refractivity contribution in [3.63, 3.8) is 0 Å². The molecule has 0 saturated heterocycles. The van der Waals surface area contributed by atoms with Gasteiger partial charge in [0.25, 0.3) is 40.5 Å². The van der Waals surface area contributed by atoms with Gasteiger partial charge in [-0.15, -0.1) is 0 Å². The Morgan fingerprint density at radius 1 is 0.643 bits per heavy atom. The van der Waals surface area contributed by atoms with Gasteiger partial charge in [0.15, 0.2) is 0 Å². The Kier molecular flexibility index (Phi) is 5.25. The summed E-state index contributed by atoms with van der Waals surface area (Å²) < 4.78 is 129. The fraction of sp³-hybridized carbons (Fsp3) is 0. The van der Waals surface area contributed by atoms with E-state index in [1.807, 2.05) is 0 Å². The van der Waals surface area contributed by atoms with Crippen LogP contribution in [0.4, 0.5) is 0 Å². The van der Waals surface area contributed by atoms with Gasteiger partial charge < -0.3 is 5.11 Å². The van der Waals surface area contributed by atoms with Gasteiger partial charge >= 0.3 is 0 Å². The van der Waals surface area contributed by atoms with E-state index in [-0.39, 0.29) is 12.1 Å². The molecule has 0 atom stereocenters. The maximum absolute atomic E-state index is 11.7. The van der Waals surface area contributed by atoms with Crippen molar-refractivity contribution in [3.8, 4) is 5.75 Å². The molecule has 0 unspecified atom stereocenters. The van der Waals surface area contributed by atoms with E-state index in [0.29, 0.717) is 0 Å². The minimum Gasteiger partial charge on any atom is -0.507 e. The van der Waals surface area contributed by atoms with Gasteiger partial charge in [0.2, 0.25) is 0 Å². The normalized spacial score (nSPS) is 13.8. The number of halogens is 1. The van der Waals surface area contributed by atoms with Crippen molar-refractivity contribution >= 4 is 62.8 Å². The van der Waals surface area contributed by atoms with Crippen molar-refractivity contribution in [1.82, 2.24) is 0 Å². The lowest BCUT2D eigenvalue weighted by molar-refractivity contribution is 0.459. The number of fused-ring (bicyclic) bond motifs is 1. The monoisotopic (exact) mass is 498 g/mol. The Morgan fingerprint density at radius 3 is 1.43 bits per heavy atom. The molecule has 156 valence electrons. The van der Waals surface area contributed by atoms with E-state index in [1.165, 1.54) is 0 Å². The number of phenols is 1. The standard InChI is InChI=1S/C10H7ClO13S4/c11-8-5(25(13,14)15)1-3-7(10(8)28(22,23)24)4(12)2-6(26(16,17)18)9(3)27(19,20)21/h1-2,12H,(H,13,14,15)(H,16,17,18)(H,19,20,21)(H,22,23,24). The molecule has 0 spiro atoms. The van der Waals surface area contributed by atoms with Crippen LogP contribution in [-0.4, -0.2) is 57.0 Å². The average Bonchev–Trinajstić information content (AvgIpc) is 2.41. The van der Waals surface area contributed by atoms with Gasteiger partial charge in [-0.05, 0) is 6.07 Å². The number of aromatic hydroxyl groups is 1. The van der Waals surface area contributed by atoms with E-state index in [1.54, 1.807) is 0 Å². The zero-order valence-electron chi connectivity index (χ0n) is 12.7. The van der Waals surface area contributed by atoms with E-state index in [0.717, 1.165) is 0 Å². The predicted octanol–water partition coefficient (Wildman–Crippen LogP) is 0.186. The zero-order valence-corrected chi connectivity index (χ0v) is 16.7. The third-order valence-corrected chi connectivity index (χ3v) is 7.63. The van der Waals surface area contributed by atoms with Crippen LogP contribution in [0.3, 0.4) is 0 Å². The largest absolute Gasteiger partial charge is 0.507 e. The van der Waals surface area contributed by atoms with Crippen molar-refractivity contribution in [2.75, 3.05) is 0 Å². The summed E-state index contributed by atoms with van der Waals surface area (Å²) in [7, 11) is -22.1. The molecule has 0 bridgehead atoms. The highest BCUT2D eigenvalue weighted by Crippen LogP contribution is 2.44. The Hall–Kier alpha value is -1.57. The Labute approximate surface area is 162 Å². The van der Waals surface area contributed by atoms with Crippen LogP contribution in [0.15, 0.2) is 31.7 Å². The van der Waals surface area contributed by atoms with E-state index in [2.05, 4.69) is 0 Å². The summed E-state index contributed by atoms with van der Waals surface area (Å²) >= 11 is 5.56. The van der Waals surface area contributed by atoms with Crippen LogP contribution in [0.2, 0.25) is 5.02 Å². The average molecular weight is 499 g/mol. The topological polar surface area (TPSA) is 238 Å². The van der Waals surface area contributed by atoms with Gasteiger partial charge in [0, 0.05) is 16.8 Å². The van der Waals surface area contributed by atoms with Crippen LogP contribution in [0.5, 0.6) is 5.75 Å². The molecule has 28 heavy (non-hydrogen) atoms. The molecule has 18 heteroatoms. The molecule has 0 aromatic heterocycles. The highest BCUT2D eigenvalue weighted by molar-refractivity contribution is 7.89. The molecule has 0 amide bonds. The third kappa shape index (κ3) is 3.93. The summed E-state index contributed by atoms with van der Waals surface area (Å²) in [6.07, 6.45) is 0. The van der Waals surface area contributed by atoms with Crippen LogP contribution in [0, 0.1) is 0 Å². The third-order valence-electron chi connectivity index (χ3n) is 3.25. The van der Waals surface area contributed by atoms with Gasteiger partial charge in [0.1, 0.15) is 25.3 Å². The highest BCUT2D eigenvalue weighted by atomic mass is 35.5. The smallest absolute Gasteiger partial charge is 0.296 e. The lowest BCUT2D eigenvalue weighted by Crippen LogP contribution is -2.12. The fourth-order valence-corrected chi connectivity index (χ4v) is 6.52. The van der Waals surface area contributed by atoms with Crippen LogP contribution in [0.1, 0.15) is 0 Å². The molecule has 0 aliphatic rings. The summed E-state index contributed by atoms with van der Waals surface area (Å²) in [5, 5.41) is 6.05. The van der Waals surface area contributed by atoms with E-state index >= 15 is 0 Å². The summed E-state index contributed by atoms with van der Waals surface area (Å²) in [5.41, 5.74) is 0. The van der Waals surface area contributed by atoms with Crippen molar-refractivity contribution in [3.05, 3.63) is 17.2 Å². The predicted molar refractivity (Wildman–Crippen MR) is 89.9 cm³/mol. The minimum absolute atomic E-state index is 0.0128. The molecule has 2 aromatic rings. The molecular formula is C10H7ClO13S4. The number of phenolic OH excluding ortho intramolecular Hbond substituents is 1. The SMILES string of the molecule is O=S(=O)(O)c1cc2c(S(=O)(=O)O)c(S(=O)(=O)O)cc(O)c2c(S(=O)(=O)O)c1Cl. The van der Waals surface area contributed by atoms with E-state index in [4.69, 9.17) is 16.2 Å². The van der Waals surface area contributed by atoms with Crippen molar-refractivity contribution < 1.29 is 57.0 Å². The van der Waals surface area contributed by atoms with Gasteiger partial charge in [0.05, 0.1) is 5.02 Å². The molecule has 0 saturated carbocycles. The van der Waals surface area contributed by atoms with E-state index in [9.17, 15) is 52.4 Å². The molecule has 0 aliphatic heterocycles. The first-order chi connectivity index (χ1) is 12.3. The quantitative estimate of drug-likeness (QED) is 0.354. The van der Waals surface area contributed by atoms with Gasteiger partial charge in [-0.2, -0.15) is 33.7 Å². The van der Waals surface area contributed by atoms with Crippen LogP contribution < -0.4 is 0 Å². The fourth-order valence-electron chi connectivity index (χ4n) is 2.33. The summed E-state index contributed by atoms with van der Waals surface area (Å²) in [4.78, 5) is -6.56. The lowest BCUT2D eigenvalue weighted by Gasteiger charge is -2.15. The van der Waals surface area contributed by atoms with Crippen LogP contribution >= 0.6 is 11.6 Å². The number of benzene rings is 2. The molecule has 2 aromatic carbocycles. The van der Waals surface area contributed by atoms with Gasteiger partial charge in [-0.25, -0.2) is 0 Å². The van der Waals surface area contributed by atoms with Crippen LogP contribution in [-0.2, 0) is 40.5 Å². The first kappa shape index (κ1) is 22.7. The Morgan fingerprint density at radius 2 is 1.07 bits per heavy atom. The summed E-state index contributed by atoms with van der Waals surface area (Å²) in [6, 6.07) is 0.123. The molecule has 2 rings (SSSR count). The van der Waals surface area contributed by atoms with Crippen LogP contribution in [0.25, 0.3) is 10.8 Å². The maximum atomic E-state index is 11.7. The first-order valence-electron chi connectivity index (χ1n) is 6.20. The Balaban J connectivity index is 3.53. The molecule has 5 N–H and O–H groups in total. The molecule has 13 nitrogen and oxygen atoms in total. The number of hydrogen-bond acceptors (Lipinski definition) is 9. The molecule has 0 radical (unpaired) electrons.